The van der Waals surface area contributed by atoms with Crippen LogP contribution >= 0.6 is 0 Å². The van der Waals surface area contributed by atoms with Crippen molar-refractivity contribution in [2.24, 2.45) is 0 Å². The molecule has 2 rings (SSSR count). The van der Waals surface area contributed by atoms with Crippen LogP contribution in [0.4, 0.5) is 11.4 Å². The predicted molar refractivity (Wildman–Crippen MR) is 58.9 cm³/mol. The number of rotatable bonds is 0. The number of hydrogen-bond acceptors (Lipinski definition) is 3. The summed E-state index contributed by atoms with van der Waals surface area (Å²) in [6, 6.07) is 2.30. The number of fused-ring (bicyclic) bond motifs is 1. The number of nitrogens with two attached hydrogens (primary N) is 1. The molecule has 1 aromatic carbocycles. The fourth-order valence-electron chi connectivity index (χ4n) is 1.73. The van der Waals surface area contributed by atoms with E-state index in [0.29, 0.717) is 6.04 Å². The van der Waals surface area contributed by atoms with Gasteiger partial charge in [0.1, 0.15) is 12.4 Å². The quantitative estimate of drug-likeness (QED) is 0.619. The van der Waals surface area contributed by atoms with Crippen LogP contribution in [0.15, 0.2) is 6.07 Å². The second-order valence-corrected chi connectivity index (χ2v) is 3.95. The van der Waals surface area contributed by atoms with Gasteiger partial charge in [0.25, 0.3) is 0 Å². The normalized spacial score (nSPS) is 19.5. The Morgan fingerprint density at radius 3 is 2.86 bits per heavy atom. The Morgan fingerprint density at radius 2 is 2.14 bits per heavy atom. The van der Waals surface area contributed by atoms with Crippen LogP contribution in [0.5, 0.6) is 5.75 Å². The van der Waals surface area contributed by atoms with Gasteiger partial charge in [-0.05, 0) is 38.0 Å². The van der Waals surface area contributed by atoms with Crippen molar-refractivity contribution in [2.45, 2.75) is 26.8 Å². The van der Waals surface area contributed by atoms with Crippen molar-refractivity contribution in [2.75, 3.05) is 17.7 Å². The van der Waals surface area contributed by atoms with Gasteiger partial charge >= 0.3 is 0 Å². The number of nitrogen functional groups attached to an aromatic ring is 1. The Labute approximate surface area is 84.3 Å². The summed E-state index contributed by atoms with van der Waals surface area (Å²) in [5.41, 5.74) is 9.99. The van der Waals surface area contributed by atoms with Gasteiger partial charge in [-0.3, -0.25) is 0 Å². The monoisotopic (exact) mass is 192 g/mol. The van der Waals surface area contributed by atoms with Gasteiger partial charge in [0.15, 0.2) is 0 Å². The molecule has 3 heteroatoms. The molecular weight excluding hydrogens is 176 g/mol. The van der Waals surface area contributed by atoms with Crippen LogP contribution in [0.25, 0.3) is 0 Å². The Balaban J connectivity index is 2.54. The molecule has 3 N–H and O–H groups in total. The van der Waals surface area contributed by atoms with Crippen LogP contribution < -0.4 is 15.8 Å². The van der Waals surface area contributed by atoms with E-state index in [9.17, 15) is 0 Å². The predicted octanol–water partition coefficient (Wildman–Crippen LogP) is 2.08. The summed E-state index contributed by atoms with van der Waals surface area (Å²) in [5.74, 6) is 0.954. The average Bonchev–Trinajstić information content (AvgIpc) is 2.14. The number of hydrogen-bond donors (Lipinski definition) is 2. The molecule has 1 unspecified atom stereocenters. The molecule has 0 fully saturated rings. The molecule has 0 spiro atoms. The first-order valence-electron chi connectivity index (χ1n) is 4.88. The molecule has 0 aromatic heterocycles. The van der Waals surface area contributed by atoms with Gasteiger partial charge in [0.05, 0.1) is 11.7 Å². The highest BCUT2D eigenvalue weighted by Gasteiger charge is 2.19. The Kier molecular flexibility index (Phi) is 2.02. The van der Waals surface area contributed by atoms with Gasteiger partial charge in [-0.2, -0.15) is 0 Å². The highest BCUT2D eigenvalue weighted by atomic mass is 16.5. The minimum absolute atomic E-state index is 0.351. The van der Waals surface area contributed by atoms with Gasteiger partial charge in [-0.15, -0.1) is 0 Å². The molecule has 3 nitrogen and oxygen atoms in total. The third kappa shape index (κ3) is 1.29. The van der Waals surface area contributed by atoms with Crippen molar-refractivity contribution in [3.8, 4) is 5.75 Å². The van der Waals surface area contributed by atoms with Crippen LogP contribution in [0, 0.1) is 13.8 Å². The van der Waals surface area contributed by atoms with Gasteiger partial charge in [-0.1, -0.05) is 0 Å². The zero-order valence-corrected chi connectivity index (χ0v) is 8.85. The number of anilines is 2. The van der Waals surface area contributed by atoms with E-state index in [1.54, 1.807) is 0 Å². The van der Waals surface area contributed by atoms with Crippen molar-refractivity contribution in [3.05, 3.63) is 17.2 Å². The first kappa shape index (κ1) is 9.19. The summed E-state index contributed by atoms with van der Waals surface area (Å²) >= 11 is 0. The molecule has 76 valence electrons. The molecule has 0 aliphatic carbocycles. The maximum absolute atomic E-state index is 5.89. The van der Waals surface area contributed by atoms with E-state index in [1.165, 1.54) is 0 Å². The highest BCUT2D eigenvalue weighted by molar-refractivity contribution is 5.71. The fraction of sp³-hybridized carbons (Fsp3) is 0.455. The Hall–Kier alpha value is -1.38. The van der Waals surface area contributed by atoms with Crippen LogP contribution in [-0.4, -0.2) is 12.6 Å². The first-order chi connectivity index (χ1) is 6.59. The molecule has 1 atom stereocenters. The summed E-state index contributed by atoms with van der Waals surface area (Å²) in [5, 5.41) is 3.36. The third-order valence-corrected chi connectivity index (χ3v) is 2.76. The van der Waals surface area contributed by atoms with E-state index in [-0.39, 0.29) is 0 Å². The van der Waals surface area contributed by atoms with E-state index in [4.69, 9.17) is 10.5 Å². The van der Waals surface area contributed by atoms with E-state index < -0.39 is 0 Å². The van der Waals surface area contributed by atoms with Crippen LogP contribution in [-0.2, 0) is 0 Å². The van der Waals surface area contributed by atoms with Crippen LogP contribution in [0.1, 0.15) is 18.1 Å². The van der Waals surface area contributed by atoms with Crippen molar-refractivity contribution in [1.82, 2.24) is 0 Å². The zero-order valence-electron chi connectivity index (χ0n) is 8.85. The van der Waals surface area contributed by atoms with Crippen molar-refractivity contribution >= 4 is 11.4 Å². The Morgan fingerprint density at radius 1 is 1.43 bits per heavy atom. The molecule has 0 bridgehead atoms. The molecule has 0 amide bonds. The second kappa shape index (κ2) is 3.08. The molecule has 1 aliphatic rings. The summed E-state index contributed by atoms with van der Waals surface area (Å²) in [4.78, 5) is 0. The molecule has 1 aromatic rings. The fourth-order valence-corrected chi connectivity index (χ4v) is 1.73. The van der Waals surface area contributed by atoms with E-state index in [1.807, 2.05) is 19.9 Å². The first-order valence-corrected chi connectivity index (χ1v) is 4.88. The lowest BCUT2D eigenvalue weighted by Gasteiger charge is -2.27. The highest BCUT2D eigenvalue weighted by Crippen LogP contribution is 2.37. The molecule has 0 saturated heterocycles. The van der Waals surface area contributed by atoms with Gasteiger partial charge < -0.3 is 15.8 Å². The minimum atomic E-state index is 0.351. The molecular formula is C11H16N2O. The smallest absolute Gasteiger partial charge is 0.145 e. The van der Waals surface area contributed by atoms with Gasteiger partial charge in [-0.25, -0.2) is 0 Å². The lowest BCUT2D eigenvalue weighted by molar-refractivity contribution is 0.290. The average molecular weight is 192 g/mol. The molecule has 14 heavy (non-hydrogen) atoms. The van der Waals surface area contributed by atoms with Gasteiger partial charge in [0, 0.05) is 5.69 Å². The summed E-state index contributed by atoms with van der Waals surface area (Å²) in [6.45, 7) is 6.88. The summed E-state index contributed by atoms with van der Waals surface area (Å²) < 4.78 is 5.68. The topological polar surface area (TPSA) is 47.3 Å². The minimum Gasteiger partial charge on any atom is -0.489 e. The second-order valence-electron chi connectivity index (χ2n) is 3.95. The van der Waals surface area contributed by atoms with Crippen molar-refractivity contribution in [3.63, 3.8) is 0 Å². The van der Waals surface area contributed by atoms with Crippen molar-refractivity contribution < 1.29 is 4.74 Å². The van der Waals surface area contributed by atoms with Crippen molar-refractivity contribution in [1.29, 1.82) is 0 Å². The molecule has 1 heterocycles. The third-order valence-electron chi connectivity index (χ3n) is 2.76. The van der Waals surface area contributed by atoms with E-state index >= 15 is 0 Å². The SMILES string of the molecule is Cc1c(N)cc2c(c1C)OCC(C)N2. The maximum atomic E-state index is 5.89. The lowest BCUT2D eigenvalue weighted by atomic mass is 10.0. The molecule has 0 saturated carbocycles. The summed E-state index contributed by atoms with van der Waals surface area (Å²) in [6.07, 6.45) is 0. The standard InChI is InChI=1S/C11H16N2O/c1-6-5-14-11-8(3)7(2)9(12)4-10(11)13-6/h4,6,13H,5,12H2,1-3H3. The van der Waals surface area contributed by atoms with Crippen LogP contribution in [0.2, 0.25) is 0 Å². The number of benzene rings is 1. The molecule has 0 radical (unpaired) electrons. The largest absolute Gasteiger partial charge is 0.489 e. The Bertz CT molecular complexity index is 374. The van der Waals surface area contributed by atoms with E-state index in [0.717, 1.165) is 34.9 Å². The van der Waals surface area contributed by atoms with Crippen LogP contribution in [0.3, 0.4) is 0 Å². The maximum Gasteiger partial charge on any atom is 0.145 e. The van der Waals surface area contributed by atoms with E-state index in [2.05, 4.69) is 12.2 Å². The number of ether oxygens (including phenoxy) is 1. The summed E-state index contributed by atoms with van der Waals surface area (Å²) in [7, 11) is 0. The zero-order chi connectivity index (χ0) is 10.3. The lowest BCUT2D eigenvalue weighted by Crippen LogP contribution is -2.28. The van der Waals surface area contributed by atoms with Gasteiger partial charge in [0.2, 0.25) is 0 Å². The number of nitrogens with one attached hydrogen (secondary N) is 1. The molecule has 1 aliphatic heterocycles.